The van der Waals surface area contributed by atoms with Crippen LogP contribution in [-0.2, 0) is 24.1 Å². The van der Waals surface area contributed by atoms with Gasteiger partial charge in [-0.2, -0.15) is 0 Å². The van der Waals surface area contributed by atoms with Crippen LogP contribution >= 0.6 is 0 Å². The summed E-state index contributed by atoms with van der Waals surface area (Å²) in [4.78, 5) is 21.0. The fourth-order valence-corrected chi connectivity index (χ4v) is 5.17. The van der Waals surface area contributed by atoms with Crippen LogP contribution in [0.2, 0.25) is 0 Å². The number of aliphatic carboxylic acids is 1. The van der Waals surface area contributed by atoms with Gasteiger partial charge >= 0.3 is 5.97 Å². The zero-order valence-electron chi connectivity index (χ0n) is 21.9. The number of fused-ring (bicyclic) bond motifs is 2. The van der Waals surface area contributed by atoms with Crippen molar-refractivity contribution in [1.82, 2.24) is 9.97 Å². The average molecular weight is 514 g/mol. The van der Waals surface area contributed by atoms with Crippen LogP contribution in [0.15, 0.2) is 59.5 Å². The van der Waals surface area contributed by atoms with E-state index >= 15 is 0 Å². The number of nitrogens with zero attached hydrogens (tertiary/aromatic N) is 2. The Morgan fingerprint density at radius 1 is 1.16 bits per heavy atom. The maximum absolute atomic E-state index is 11.8. The number of hydrogen-bond acceptors (Lipinski definition) is 6. The van der Waals surface area contributed by atoms with Crippen molar-refractivity contribution in [2.75, 3.05) is 18.5 Å². The molecule has 7 nitrogen and oxygen atoms in total. The lowest BCUT2D eigenvalue weighted by molar-refractivity contribution is -0.137. The number of carboxylic acids is 1. The molecular formula is C31H35N3O4. The summed E-state index contributed by atoms with van der Waals surface area (Å²) >= 11 is 0. The van der Waals surface area contributed by atoms with Crippen LogP contribution in [0.1, 0.15) is 72.9 Å². The van der Waals surface area contributed by atoms with Crippen LogP contribution in [0.5, 0.6) is 5.75 Å². The first-order chi connectivity index (χ1) is 18.6. The SMILES string of the molecule is CCCCCc1cncc(C(CC(=O)O)c2coc3cc(OCCc4ccc5c(n4)NCCC5)ccc23)c1. The monoisotopic (exact) mass is 513 g/mol. The molecule has 7 heteroatoms. The van der Waals surface area contributed by atoms with E-state index in [0.29, 0.717) is 24.4 Å². The fraction of sp³-hybridized carbons (Fsp3) is 0.387. The summed E-state index contributed by atoms with van der Waals surface area (Å²) in [5, 5.41) is 13.9. The van der Waals surface area contributed by atoms with E-state index in [1.165, 1.54) is 12.0 Å². The van der Waals surface area contributed by atoms with Gasteiger partial charge in [0.05, 0.1) is 19.3 Å². The highest BCUT2D eigenvalue weighted by molar-refractivity contribution is 5.84. The predicted octanol–water partition coefficient (Wildman–Crippen LogP) is 6.54. The molecule has 4 aromatic rings. The third-order valence-corrected chi connectivity index (χ3v) is 7.20. The molecule has 0 spiro atoms. The van der Waals surface area contributed by atoms with E-state index in [2.05, 4.69) is 35.4 Å². The maximum atomic E-state index is 11.8. The molecule has 38 heavy (non-hydrogen) atoms. The molecule has 1 aromatic carbocycles. The highest BCUT2D eigenvalue weighted by atomic mass is 16.5. The smallest absolute Gasteiger partial charge is 0.304 e. The van der Waals surface area contributed by atoms with E-state index in [1.807, 2.05) is 24.4 Å². The third kappa shape index (κ3) is 6.15. The molecule has 2 N–H and O–H groups in total. The van der Waals surface area contributed by atoms with Crippen LogP contribution < -0.4 is 10.1 Å². The molecule has 5 rings (SSSR count). The van der Waals surface area contributed by atoms with Gasteiger partial charge in [-0.15, -0.1) is 0 Å². The Balaban J connectivity index is 1.30. The first kappa shape index (κ1) is 25.8. The summed E-state index contributed by atoms with van der Waals surface area (Å²) in [7, 11) is 0. The molecule has 0 fully saturated rings. The molecular weight excluding hydrogens is 478 g/mol. The van der Waals surface area contributed by atoms with Gasteiger partial charge in [-0.3, -0.25) is 9.78 Å². The van der Waals surface area contributed by atoms with E-state index in [0.717, 1.165) is 72.2 Å². The lowest BCUT2D eigenvalue weighted by Gasteiger charge is -2.17. The second-order valence-corrected chi connectivity index (χ2v) is 10.0. The van der Waals surface area contributed by atoms with Gasteiger partial charge in [0.15, 0.2) is 0 Å². The molecule has 1 aliphatic heterocycles. The Labute approximate surface area is 223 Å². The number of aromatic nitrogens is 2. The lowest BCUT2D eigenvalue weighted by Crippen LogP contribution is -2.14. The molecule has 3 aromatic heterocycles. The number of carbonyl (C=O) groups is 1. The number of unbranched alkanes of at least 4 members (excludes halogenated alkanes) is 2. The number of hydrogen-bond donors (Lipinski definition) is 2. The zero-order valence-corrected chi connectivity index (χ0v) is 21.9. The van der Waals surface area contributed by atoms with E-state index in [1.54, 1.807) is 12.5 Å². The van der Waals surface area contributed by atoms with Crippen molar-refractivity contribution in [3.8, 4) is 5.75 Å². The fourth-order valence-electron chi connectivity index (χ4n) is 5.17. The Morgan fingerprint density at radius 2 is 2.08 bits per heavy atom. The van der Waals surface area contributed by atoms with Crippen molar-refractivity contribution >= 4 is 22.8 Å². The topological polar surface area (TPSA) is 97.5 Å². The number of pyridine rings is 2. The summed E-state index contributed by atoms with van der Waals surface area (Å²) in [5.41, 5.74) is 5.85. The summed E-state index contributed by atoms with van der Waals surface area (Å²) in [5.74, 6) is 0.509. The van der Waals surface area contributed by atoms with Gasteiger partial charge in [0, 0.05) is 54.0 Å². The molecule has 198 valence electrons. The van der Waals surface area contributed by atoms with Crippen molar-refractivity contribution in [3.05, 3.63) is 83.0 Å². The van der Waals surface area contributed by atoms with Crippen molar-refractivity contribution in [1.29, 1.82) is 0 Å². The first-order valence-electron chi connectivity index (χ1n) is 13.6. The number of aryl methyl sites for hydroxylation is 2. The summed E-state index contributed by atoms with van der Waals surface area (Å²) in [6, 6.07) is 12.1. The quantitative estimate of drug-likeness (QED) is 0.208. The van der Waals surface area contributed by atoms with Crippen LogP contribution in [0.25, 0.3) is 11.0 Å². The average Bonchev–Trinajstić information content (AvgIpc) is 3.35. The van der Waals surface area contributed by atoms with Gasteiger partial charge in [-0.05, 0) is 60.6 Å². The molecule has 0 aliphatic carbocycles. The second-order valence-electron chi connectivity index (χ2n) is 10.0. The van der Waals surface area contributed by atoms with Crippen LogP contribution in [0, 0.1) is 0 Å². The van der Waals surface area contributed by atoms with Gasteiger partial charge in [0.25, 0.3) is 0 Å². The van der Waals surface area contributed by atoms with E-state index in [4.69, 9.17) is 14.1 Å². The van der Waals surface area contributed by atoms with Crippen LogP contribution in [0.3, 0.4) is 0 Å². The van der Waals surface area contributed by atoms with E-state index < -0.39 is 5.97 Å². The van der Waals surface area contributed by atoms with Gasteiger partial charge in [-0.1, -0.05) is 31.9 Å². The molecule has 0 bridgehead atoms. The number of ether oxygens (including phenoxy) is 1. The minimum absolute atomic E-state index is 0.0321. The van der Waals surface area contributed by atoms with Crippen molar-refractivity contribution in [3.63, 3.8) is 0 Å². The number of rotatable bonds is 12. The predicted molar refractivity (Wildman–Crippen MR) is 148 cm³/mol. The Bertz CT molecular complexity index is 1400. The lowest BCUT2D eigenvalue weighted by atomic mass is 9.88. The zero-order chi connectivity index (χ0) is 26.3. The molecule has 0 radical (unpaired) electrons. The molecule has 1 atom stereocenters. The van der Waals surface area contributed by atoms with Gasteiger partial charge in [0.2, 0.25) is 0 Å². The largest absolute Gasteiger partial charge is 0.493 e. The molecule has 0 saturated heterocycles. The van der Waals surface area contributed by atoms with Gasteiger partial charge in [0.1, 0.15) is 17.2 Å². The molecule has 0 saturated carbocycles. The highest BCUT2D eigenvalue weighted by Crippen LogP contribution is 2.36. The molecule has 1 unspecified atom stereocenters. The minimum Gasteiger partial charge on any atom is -0.493 e. The van der Waals surface area contributed by atoms with Crippen molar-refractivity contribution in [2.45, 2.75) is 64.2 Å². The number of anilines is 1. The Kier molecular flexibility index (Phi) is 8.22. The van der Waals surface area contributed by atoms with Gasteiger partial charge < -0.3 is 19.6 Å². The Morgan fingerprint density at radius 3 is 2.95 bits per heavy atom. The number of furan rings is 1. The molecule has 0 amide bonds. The van der Waals surface area contributed by atoms with Crippen molar-refractivity contribution in [2.24, 2.45) is 0 Å². The number of benzene rings is 1. The van der Waals surface area contributed by atoms with Crippen molar-refractivity contribution < 1.29 is 19.1 Å². The first-order valence-corrected chi connectivity index (χ1v) is 13.6. The van der Waals surface area contributed by atoms with E-state index in [9.17, 15) is 9.90 Å². The second kappa shape index (κ2) is 12.1. The molecule has 1 aliphatic rings. The highest BCUT2D eigenvalue weighted by Gasteiger charge is 2.23. The summed E-state index contributed by atoms with van der Waals surface area (Å²) in [6.45, 7) is 3.66. The number of carboxylic acid groups (broad SMARTS) is 1. The summed E-state index contributed by atoms with van der Waals surface area (Å²) in [6.07, 6.45) is 12.6. The normalized spacial score (nSPS) is 13.6. The number of nitrogens with one attached hydrogen (secondary N) is 1. The van der Waals surface area contributed by atoms with Crippen LogP contribution in [-0.4, -0.2) is 34.2 Å². The van der Waals surface area contributed by atoms with Gasteiger partial charge in [-0.25, -0.2) is 4.98 Å². The Hall–Kier alpha value is -3.87. The van der Waals surface area contributed by atoms with Crippen LogP contribution in [0.4, 0.5) is 5.82 Å². The molecule has 4 heterocycles. The summed E-state index contributed by atoms with van der Waals surface area (Å²) < 4.78 is 11.9. The van der Waals surface area contributed by atoms with E-state index in [-0.39, 0.29) is 12.3 Å². The maximum Gasteiger partial charge on any atom is 0.304 e. The standard InChI is InChI=1S/C31H35N3O4/c1-2-3-4-6-21-15-23(19-32-18-21)27(17-30(35)36)28-20-38-29-16-25(10-11-26(28)29)37-14-12-24-9-8-22-7-5-13-33-31(22)34-24/h8-11,15-16,18-20,27H,2-7,12-14,17H2,1H3,(H,33,34)(H,35,36). The third-order valence-electron chi connectivity index (χ3n) is 7.20. The minimum atomic E-state index is -0.855.